The summed E-state index contributed by atoms with van der Waals surface area (Å²) in [6.07, 6.45) is 6.51. The highest BCUT2D eigenvalue weighted by Gasteiger charge is 2.53. The third kappa shape index (κ3) is 5.59. The quantitative estimate of drug-likeness (QED) is 0.166. The summed E-state index contributed by atoms with van der Waals surface area (Å²) in [6.45, 7) is 14.1. The lowest BCUT2D eigenvalue weighted by Crippen LogP contribution is -2.45. The van der Waals surface area contributed by atoms with Crippen LogP contribution < -0.4 is 0 Å². The summed E-state index contributed by atoms with van der Waals surface area (Å²) >= 11 is 0. The van der Waals surface area contributed by atoms with E-state index >= 15 is 0 Å². The molecule has 0 N–H and O–H groups in total. The summed E-state index contributed by atoms with van der Waals surface area (Å²) in [4.78, 5) is 10.2. The van der Waals surface area contributed by atoms with Gasteiger partial charge in [0.15, 0.2) is 0 Å². The molecule has 0 bridgehead atoms. The van der Waals surface area contributed by atoms with E-state index in [1.54, 1.807) is 0 Å². The maximum Gasteiger partial charge on any atom is 0.118 e. The van der Waals surface area contributed by atoms with Gasteiger partial charge in [0.1, 0.15) is 5.54 Å². The van der Waals surface area contributed by atoms with E-state index in [9.17, 15) is 0 Å². The highest BCUT2D eigenvalue weighted by Crippen LogP contribution is 2.61. The normalized spacial score (nSPS) is 15.9. The van der Waals surface area contributed by atoms with Crippen LogP contribution in [0.1, 0.15) is 94.7 Å². The van der Waals surface area contributed by atoms with Crippen molar-refractivity contribution in [3.8, 4) is 33.4 Å². The minimum Gasteiger partial charge on any atom is -0.362 e. The number of fused-ring (bicyclic) bond motifs is 9. The Kier molecular flexibility index (Phi) is 8.93. The fourth-order valence-corrected chi connectivity index (χ4v) is 13.3. The van der Waals surface area contributed by atoms with Crippen LogP contribution in [0.15, 0.2) is 195 Å². The minimum absolute atomic E-state index is 0.590. The summed E-state index contributed by atoms with van der Waals surface area (Å²) in [5, 5.41) is 0. The average molecular weight is 890 g/mol. The molecule has 334 valence electrons. The van der Waals surface area contributed by atoms with Crippen molar-refractivity contribution < 1.29 is 0 Å². The number of aromatic nitrogens is 1. The lowest BCUT2D eigenvalue weighted by molar-refractivity contribution is 0.198. The van der Waals surface area contributed by atoms with Crippen molar-refractivity contribution >= 4 is 0 Å². The van der Waals surface area contributed by atoms with Crippen LogP contribution in [0.2, 0.25) is 0 Å². The monoisotopic (exact) mass is 889 g/mol. The molecule has 0 radical (unpaired) electrons. The molecule has 0 saturated heterocycles. The molecule has 2 heterocycles. The molecule has 3 nitrogen and oxygen atoms in total. The Hall–Kier alpha value is -7.75. The fraction of sp³-hybridized carbons (Fsp3) is 0.167. The summed E-state index contributed by atoms with van der Waals surface area (Å²) in [6, 6.07) is 68.5. The van der Waals surface area contributed by atoms with Crippen molar-refractivity contribution in [1.29, 1.82) is 0 Å². The van der Waals surface area contributed by atoms with Gasteiger partial charge in [0, 0.05) is 25.6 Å². The lowest BCUT2D eigenvalue weighted by atomic mass is 9.64. The summed E-state index contributed by atoms with van der Waals surface area (Å²) in [5.74, 6) is 0. The Bertz CT molecular complexity index is 3490. The van der Waals surface area contributed by atoms with E-state index in [4.69, 9.17) is 4.98 Å². The van der Waals surface area contributed by atoms with E-state index in [-0.39, 0.29) is 0 Å². The first-order valence-electron chi connectivity index (χ1n) is 24.5. The molecule has 0 saturated carbocycles. The van der Waals surface area contributed by atoms with Crippen molar-refractivity contribution in [2.75, 3.05) is 13.7 Å². The van der Waals surface area contributed by atoms with Gasteiger partial charge in [-0.05, 0) is 143 Å². The number of pyridine rings is 1. The predicted molar refractivity (Wildman–Crippen MR) is 283 cm³/mol. The van der Waals surface area contributed by atoms with Gasteiger partial charge >= 0.3 is 0 Å². The molecule has 69 heavy (non-hydrogen) atoms. The average Bonchev–Trinajstić information content (AvgIpc) is 4.08. The van der Waals surface area contributed by atoms with Gasteiger partial charge in [0.05, 0.1) is 23.2 Å². The van der Waals surface area contributed by atoms with Crippen molar-refractivity contribution in [2.24, 2.45) is 0 Å². The molecule has 8 aromatic carbocycles. The van der Waals surface area contributed by atoms with Crippen LogP contribution in [0.4, 0.5) is 0 Å². The van der Waals surface area contributed by atoms with Crippen molar-refractivity contribution in [3.63, 3.8) is 0 Å². The Morgan fingerprint density at radius 2 is 0.739 bits per heavy atom. The van der Waals surface area contributed by atoms with Gasteiger partial charge in [-0.2, -0.15) is 0 Å². The smallest absolute Gasteiger partial charge is 0.118 e. The lowest BCUT2D eigenvalue weighted by Gasteiger charge is -2.43. The van der Waals surface area contributed by atoms with Crippen LogP contribution in [0.3, 0.4) is 0 Å². The number of hydrogen-bond acceptors (Lipinski definition) is 3. The van der Waals surface area contributed by atoms with Gasteiger partial charge in [-0.15, -0.1) is 0 Å². The Morgan fingerprint density at radius 3 is 1.14 bits per heavy atom. The Morgan fingerprint density at radius 1 is 0.362 bits per heavy atom. The summed E-state index contributed by atoms with van der Waals surface area (Å²) in [5.41, 5.74) is 27.2. The minimum atomic E-state index is -0.683. The van der Waals surface area contributed by atoms with Crippen LogP contribution in [0.5, 0.6) is 0 Å². The summed E-state index contributed by atoms with van der Waals surface area (Å²) < 4.78 is 0. The molecule has 0 spiro atoms. The Balaban J connectivity index is 1.14. The van der Waals surface area contributed by atoms with E-state index in [0.29, 0.717) is 0 Å². The number of benzene rings is 8. The van der Waals surface area contributed by atoms with E-state index in [1.807, 2.05) is 12.3 Å². The van der Waals surface area contributed by atoms with Gasteiger partial charge in [-0.25, -0.2) is 0 Å². The zero-order chi connectivity index (χ0) is 47.0. The second-order valence-corrected chi connectivity index (χ2v) is 20.5. The van der Waals surface area contributed by atoms with Crippen LogP contribution in [0.25, 0.3) is 33.4 Å². The molecular weight excluding hydrogens is 835 g/mol. The maximum absolute atomic E-state index is 5.29. The van der Waals surface area contributed by atoms with Gasteiger partial charge < -0.3 is 9.80 Å². The number of hydrogen-bond donors (Lipinski definition) is 0. The second kappa shape index (κ2) is 14.9. The van der Waals surface area contributed by atoms with E-state index in [2.05, 4.69) is 241 Å². The molecule has 3 aliphatic carbocycles. The van der Waals surface area contributed by atoms with Crippen LogP contribution in [0, 0.1) is 41.5 Å². The van der Waals surface area contributed by atoms with Crippen molar-refractivity contribution in [2.45, 2.75) is 57.9 Å². The zero-order valence-electron chi connectivity index (χ0n) is 40.5. The fourth-order valence-electron chi connectivity index (χ4n) is 13.3. The molecule has 4 aliphatic rings. The first-order chi connectivity index (χ1) is 33.5. The van der Waals surface area contributed by atoms with Crippen LogP contribution >= 0.6 is 0 Å². The largest absolute Gasteiger partial charge is 0.362 e. The van der Waals surface area contributed by atoms with Crippen molar-refractivity contribution in [1.82, 2.24) is 14.8 Å². The molecule has 3 heteroatoms. The standard InChI is InChI=1S/C66H55N3/c1-41-17-23-57-51(32-41)52-33-42(2)18-24-58(52)64(57,47-12-10-14-49(38-47)65(63-16-8-9-29-67-63)59-25-19-43(3)34-53(59)54-35-44(4)20-26-60(54)65)48-13-11-15-50(39-48)66(69-31-30-68(7)40-69)61-27-21-45(5)36-55(61)56-37-46(6)22-28-62(56)66/h8-39H,40H2,1-7H3. The molecule has 1 aromatic heterocycles. The summed E-state index contributed by atoms with van der Waals surface area (Å²) in [7, 11) is 2.18. The third-order valence-corrected chi connectivity index (χ3v) is 16.1. The molecule has 0 atom stereocenters. The molecular formula is C66H55N3. The molecule has 13 rings (SSSR count). The Labute approximate surface area is 407 Å². The van der Waals surface area contributed by atoms with Gasteiger partial charge in [0.2, 0.25) is 0 Å². The van der Waals surface area contributed by atoms with Gasteiger partial charge in [0.25, 0.3) is 0 Å². The zero-order valence-corrected chi connectivity index (χ0v) is 40.5. The highest BCUT2D eigenvalue weighted by atomic mass is 15.4. The van der Waals surface area contributed by atoms with Gasteiger partial charge in [-0.3, -0.25) is 4.98 Å². The van der Waals surface area contributed by atoms with Gasteiger partial charge in [-0.1, -0.05) is 197 Å². The topological polar surface area (TPSA) is 19.4 Å². The molecule has 0 amide bonds. The SMILES string of the molecule is Cc1ccc2c(c1)-c1cc(C)ccc1C2(c1cccc(C2(c3ccccn3)c3ccc(C)cc3-c3cc(C)ccc32)c1)c1cccc(C2(N3C=CN(C)C3)c3ccc(C)cc3-c3cc(C)ccc32)c1. The van der Waals surface area contributed by atoms with E-state index in [1.165, 1.54) is 122 Å². The van der Waals surface area contributed by atoms with Crippen LogP contribution in [-0.2, 0) is 16.4 Å². The molecule has 9 aromatic rings. The van der Waals surface area contributed by atoms with Crippen molar-refractivity contribution in [3.05, 3.63) is 289 Å². The first kappa shape index (κ1) is 41.4. The number of rotatable bonds is 6. The molecule has 0 unspecified atom stereocenters. The molecule has 1 aliphatic heterocycles. The third-order valence-electron chi connectivity index (χ3n) is 16.1. The van der Waals surface area contributed by atoms with Crippen LogP contribution in [-0.4, -0.2) is 28.5 Å². The first-order valence-corrected chi connectivity index (χ1v) is 24.5. The van der Waals surface area contributed by atoms with E-state index < -0.39 is 16.4 Å². The number of nitrogens with zero attached hydrogens (tertiary/aromatic N) is 3. The highest BCUT2D eigenvalue weighted by molar-refractivity contribution is 5.90. The number of aryl methyl sites for hydroxylation is 6. The maximum atomic E-state index is 5.29. The predicted octanol–water partition coefficient (Wildman–Crippen LogP) is 14.6. The van der Waals surface area contributed by atoms with E-state index in [0.717, 1.165) is 12.4 Å². The second-order valence-electron chi connectivity index (χ2n) is 20.5. The molecule has 0 fully saturated rings.